The lowest BCUT2D eigenvalue weighted by molar-refractivity contribution is 0.133. The van der Waals surface area contributed by atoms with Crippen LogP contribution in [0.2, 0.25) is 0 Å². The number of benzene rings is 1. The second-order valence-corrected chi connectivity index (χ2v) is 7.59. The minimum atomic E-state index is 0.773. The summed E-state index contributed by atoms with van der Waals surface area (Å²) in [6.07, 6.45) is 16.0. The van der Waals surface area contributed by atoms with Crippen LogP contribution in [0.1, 0.15) is 69.8 Å². The van der Waals surface area contributed by atoms with Crippen LogP contribution in [0.25, 0.3) is 0 Å². The van der Waals surface area contributed by atoms with E-state index >= 15 is 0 Å². The Kier molecular flexibility index (Phi) is 5.80. The molecule has 2 fully saturated rings. The molecular weight excluding hydrogens is 280 g/mol. The Labute approximate surface area is 142 Å². The summed E-state index contributed by atoms with van der Waals surface area (Å²) >= 11 is 0. The van der Waals surface area contributed by atoms with Crippen LogP contribution in [0.4, 0.5) is 0 Å². The van der Waals surface area contributed by atoms with Gasteiger partial charge in [0.1, 0.15) is 5.75 Å². The van der Waals surface area contributed by atoms with Crippen molar-refractivity contribution >= 4 is 0 Å². The van der Waals surface area contributed by atoms with E-state index in [0.29, 0.717) is 0 Å². The number of fused-ring (bicyclic) bond motifs is 1. The van der Waals surface area contributed by atoms with Crippen molar-refractivity contribution in [3.8, 4) is 5.75 Å². The molecule has 4 atom stereocenters. The van der Waals surface area contributed by atoms with Crippen molar-refractivity contribution in [3.05, 3.63) is 42.0 Å². The maximum Gasteiger partial charge on any atom is 0.118 e. The van der Waals surface area contributed by atoms with E-state index in [4.69, 9.17) is 4.74 Å². The van der Waals surface area contributed by atoms with Crippen LogP contribution in [-0.4, -0.2) is 7.11 Å². The quantitative estimate of drug-likeness (QED) is 0.575. The Bertz CT molecular complexity index is 501. The van der Waals surface area contributed by atoms with Gasteiger partial charge in [0.25, 0.3) is 0 Å². The number of methoxy groups -OCH3 is 1. The molecule has 2 aliphatic carbocycles. The summed E-state index contributed by atoms with van der Waals surface area (Å²) < 4.78 is 5.29. The van der Waals surface area contributed by atoms with Crippen LogP contribution in [0, 0.1) is 17.8 Å². The number of rotatable bonds is 5. The lowest BCUT2D eigenvalue weighted by atomic mass is 9.64. The smallest absolute Gasteiger partial charge is 0.118 e. The normalized spacial score (nSPS) is 31.0. The molecule has 0 spiro atoms. The molecule has 4 unspecified atom stereocenters. The summed E-state index contributed by atoms with van der Waals surface area (Å²) in [6, 6.07) is 8.81. The van der Waals surface area contributed by atoms with Gasteiger partial charge in [0.15, 0.2) is 0 Å². The maximum atomic E-state index is 5.29. The fourth-order valence-corrected chi connectivity index (χ4v) is 4.73. The number of ether oxygens (including phenoxy) is 1. The van der Waals surface area contributed by atoms with Gasteiger partial charge < -0.3 is 4.74 Å². The first-order chi connectivity index (χ1) is 11.3. The van der Waals surface area contributed by atoms with Gasteiger partial charge in [-0.15, -0.1) is 0 Å². The predicted octanol–water partition coefficient (Wildman–Crippen LogP) is 6.35. The van der Waals surface area contributed by atoms with E-state index in [1.54, 1.807) is 7.11 Å². The van der Waals surface area contributed by atoms with Gasteiger partial charge in [0.2, 0.25) is 0 Å². The monoisotopic (exact) mass is 312 g/mol. The third-order valence-electron chi connectivity index (χ3n) is 6.10. The van der Waals surface area contributed by atoms with Gasteiger partial charge >= 0.3 is 0 Å². The van der Waals surface area contributed by atoms with E-state index in [0.717, 1.165) is 29.4 Å². The molecular formula is C22H32O. The topological polar surface area (TPSA) is 9.23 Å². The van der Waals surface area contributed by atoms with Gasteiger partial charge in [-0.3, -0.25) is 0 Å². The van der Waals surface area contributed by atoms with Gasteiger partial charge in [-0.2, -0.15) is 0 Å². The average molecular weight is 312 g/mol. The molecule has 1 aromatic rings. The Morgan fingerprint density at radius 1 is 1.00 bits per heavy atom. The van der Waals surface area contributed by atoms with Crippen LogP contribution in [0.5, 0.6) is 5.75 Å². The van der Waals surface area contributed by atoms with Gasteiger partial charge in [0.05, 0.1) is 7.11 Å². The number of unbranched alkanes of at least 4 members (excludes halogenated alkanes) is 1. The molecule has 0 heterocycles. The largest absolute Gasteiger partial charge is 0.497 e. The maximum absolute atomic E-state index is 5.29. The van der Waals surface area contributed by atoms with Crippen LogP contribution in [0.15, 0.2) is 36.4 Å². The molecule has 23 heavy (non-hydrogen) atoms. The summed E-state index contributed by atoms with van der Waals surface area (Å²) in [5.74, 6) is 4.55. The molecule has 2 saturated carbocycles. The second kappa shape index (κ2) is 8.04. The summed E-state index contributed by atoms with van der Waals surface area (Å²) in [6.45, 7) is 2.27. The molecule has 126 valence electrons. The Balaban J connectivity index is 1.55. The zero-order valence-corrected chi connectivity index (χ0v) is 14.8. The number of allylic oxidation sites excluding steroid dienone is 2. The van der Waals surface area contributed by atoms with Crippen molar-refractivity contribution in [1.82, 2.24) is 0 Å². The minimum Gasteiger partial charge on any atom is -0.497 e. The summed E-state index contributed by atoms with van der Waals surface area (Å²) in [5.41, 5.74) is 1.52. The van der Waals surface area contributed by atoms with E-state index in [-0.39, 0.29) is 0 Å². The molecule has 0 radical (unpaired) electrons. The zero-order chi connectivity index (χ0) is 16.1. The van der Waals surface area contributed by atoms with E-state index < -0.39 is 0 Å². The zero-order valence-electron chi connectivity index (χ0n) is 14.8. The molecule has 0 aromatic heterocycles. The molecule has 2 aliphatic rings. The van der Waals surface area contributed by atoms with Crippen molar-refractivity contribution in [2.75, 3.05) is 7.11 Å². The lowest BCUT2D eigenvalue weighted by Crippen LogP contribution is -2.30. The van der Waals surface area contributed by atoms with Crippen molar-refractivity contribution in [2.45, 2.75) is 64.2 Å². The Morgan fingerprint density at radius 3 is 2.48 bits per heavy atom. The molecule has 1 nitrogen and oxygen atoms in total. The SMILES string of the molecule is CCC/C=C/C1CCC2CC(c3ccc(OC)cc3)CCC2C1. The van der Waals surface area contributed by atoms with Gasteiger partial charge in [0, 0.05) is 0 Å². The third-order valence-corrected chi connectivity index (χ3v) is 6.10. The molecule has 0 amide bonds. The standard InChI is InChI=1S/C22H32O/c1-3-4-5-6-17-7-8-21-16-20(10-9-19(21)15-17)18-11-13-22(23-2)14-12-18/h5-6,11-14,17,19-21H,3-4,7-10,15-16H2,1-2H3/b6-5+. The molecule has 3 rings (SSSR count). The van der Waals surface area contributed by atoms with Crippen molar-refractivity contribution < 1.29 is 4.74 Å². The first-order valence-corrected chi connectivity index (χ1v) is 9.60. The fourth-order valence-electron chi connectivity index (χ4n) is 4.73. The van der Waals surface area contributed by atoms with Crippen LogP contribution in [-0.2, 0) is 0 Å². The lowest BCUT2D eigenvalue weighted by Gasteiger charge is -2.41. The van der Waals surface area contributed by atoms with Gasteiger partial charge in [-0.1, -0.05) is 37.6 Å². The first kappa shape index (κ1) is 16.6. The highest BCUT2D eigenvalue weighted by molar-refractivity contribution is 5.29. The van der Waals surface area contributed by atoms with Gasteiger partial charge in [-0.25, -0.2) is 0 Å². The highest BCUT2D eigenvalue weighted by Gasteiger charge is 2.35. The molecule has 0 bridgehead atoms. The second-order valence-electron chi connectivity index (χ2n) is 7.59. The van der Waals surface area contributed by atoms with Crippen molar-refractivity contribution in [3.63, 3.8) is 0 Å². The number of hydrogen-bond donors (Lipinski definition) is 0. The first-order valence-electron chi connectivity index (χ1n) is 9.60. The summed E-state index contributed by atoms with van der Waals surface area (Å²) in [5, 5.41) is 0. The third kappa shape index (κ3) is 4.19. The minimum absolute atomic E-state index is 0.773. The molecule has 1 aromatic carbocycles. The summed E-state index contributed by atoms with van der Waals surface area (Å²) in [4.78, 5) is 0. The summed E-state index contributed by atoms with van der Waals surface area (Å²) in [7, 11) is 1.74. The van der Waals surface area contributed by atoms with E-state index in [9.17, 15) is 0 Å². The number of hydrogen-bond acceptors (Lipinski definition) is 1. The highest BCUT2D eigenvalue weighted by atomic mass is 16.5. The van der Waals surface area contributed by atoms with E-state index in [2.05, 4.69) is 43.3 Å². The predicted molar refractivity (Wildman–Crippen MR) is 98.0 cm³/mol. The molecule has 0 saturated heterocycles. The van der Waals surface area contributed by atoms with Crippen molar-refractivity contribution in [2.24, 2.45) is 17.8 Å². The molecule has 0 N–H and O–H groups in total. The van der Waals surface area contributed by atoms with E-state index in [1.807, 2.05) is 0 Å². The van der Waals surface area contributed by atoms with Crippen LogP contribution < -0.4 is 4.74 Å². The molecule has 1 heteroatoms. The highest BCUT2D eigenvalue weighted by Crippen LogP contribution is 2.47. The van der Waals surface area contributed by atoms with E-state index in [1.165, 1.54) is 56.9 Å². The van der Waals surface area contributed by atoms with Crippen molar-refractivity contribution in [1.29, 1.82) is 0 Å². The average Bonchev–Trinajstić information content (AvgIpc) is 2.61. The Hall–Kier alpha value is -1.24. The molecule has 0 aliphatic heterocycles. The Morgan fingerprint density at radius 2 is 1.74 bits per heavy atom. The van der Waals surface area contributed by atoms with Crippen LogP contribution in [0.3, 0.4) is 0 Å². The van der Waals surface area contributed by atoms with Gasteiger partial charge in [-0.05, 0) is 86.3 Å². The van der Waals surface area contributed by atoms with Crippen LogP contribution >= 0.6 is 0 Å². The fraction of sp³-hybridized carbons (Fsp3) is 0.636.